The lowest BCUT2D eigenvalue weighted by molar-refractivity contribution is -0.141. The third kappa shape index (κ3) is 6.16. The zero-order chi connectivity index (χ0) is 14.3. The molecule has 0 heterocycles. The summed E-state index contributed by atoms with van der Waals surface area (Å²) in [6, 6.07) is -2.57. The van der Waals surface area contributed by atoms with Crippen molar-refractivity contribution in [2.45, 2.75) is 44.3 Å². The van der Waals surface area contributed by atoms with Crippen LogP contribution in [0.25, 0.3) is 0 Å². The highest BCUT2D eigenvalue weighted by molar-refractivity contribution is 5.86. The summed E-state index contributed by atoms with van der Waals surface area (Å²) in [5, 5.41) is 10.9. The van der Waals surface area contributed by atoms with Crippen molar-refractivity contribution < 1.29 is 19.5 Å². The highest BCUT2D eigenvalue weighted by atomic mass is 16.4. The maximum absolute atomic E-state index is 11.4. The second-order valence-electron chi connectivity index (χ2n) is 4.11. The van der Waals surface area contributed by atoms with E-state index in [1.165, 1.54) is 6.92 Å². The van der Waals surface area contributed by atoms with Gasteiger partial charge in [-0.05, 0) is 26.2 Å². The summed E-state index contributed by atoms with van der Waals surface area (Å²) in [5.74, 6) is -2.28. The Balaban J connectivity index is 3.95. The molecule has 0 aliphatic rings. The molecule has 0 aromatic carbocycles. The van der Waals surface area contributed by atoms with E-state index in [-0.39, 0.29) is 0 Å². The molecular formula is C10H20N4O4. The average molecular weight is 260 g/mol. The van der Waals surface area contributed by atoms with Gasteiger partial charge in [0.2, 0.25) is 11.8 Å². The molecule has 0 rings (SSSR count). The minimum Gasteiger partial charge on any atom is -0.480 e. The lowest BCUT2D eigenvalue weighted by Crippen LogP contribution is -2.47. The van der Waals surface area contributed by atoms with Gasteiger partial charge in [-0.2, -0.15) is 0 Å². The van der Waals surface area contributed by atoms with Gasteiger partial charge in [0, 0.05) is 0 Å². The SMILES string of the molecule is C[C@@H](NC(=O)C(N)CCCC(N)C(N)=O)C(=O)O. The van der Waals surface area contributed by atoms with E-state index >= 15 is 0 Å². The zero-order valence-corrected chi connectivity index (χ0v) is 10.3. The van der Waals surface area contributed by atoms with Crippen LogP contribution in [0.2, 0.25) is 0 Å². The van der Waals surface area contributed by atoms with E-state index in [1.54, 1.807) is 0 Å². The first-order valence-electron chi connectivity index (χ1n) is 5.59. The molecule has 0 radical (unpaired) electrons. The van der Waals surface area contributed by atoms with Crippen LogP contribution < -0.4 is 22.5 Å². The molecule has 2 unspecified atom stereocenters. The van der Waals surface area contributed by atoms with Crippen LogP contribution in [-0.4, -0.2) is 41.0 Å². The summed E-state index contributed by atoms with van der Waals surface area (Å²) in [7, 11) is 0. The van der Waals surface area contributed by atoms with Crippen molar-refractivity contribution >= 4 is 17.8 Å². The number of hydrogen-bond acceptors (Lipinski definition) is 5. The number of nitrogens with one attached hydrogen (secondary N) is 1. The van der Waals surface area contributed by atoms with Crippen molar-refractivity contribution in [3.05, 3.63) is 0 Å². The number of nitrogens with two attached hydrogens (primary N) is 3. The molecule has 0 aromatic heterocycles. The Morgan fingerprint density at radius 3 is 2.11 bits per heavy atom. The quantitative estimate of drug-likeness (QED) is 0.335. The van der Waals surface area contributed by atoms with E-state index in [0.717, 1.165) is 0 Å². The zero-order valence-electron chi connectivity index (χ0n) is 10.3. The van der Waals surface area contributed by atoms with E-state index in [0.29, 0.717) is 19.3 Å². The summed E-state index contributed by atoms with van der Waals surface area (Å²) in [6.07, 6.45) is 1.10. The second kappa shape index (κ2) is 7.62. The van der Waals surface area contributed by atoms with Crippen molar-refractivity contribution in [3.8, 4) is 0 Å². The van der Waals surface area contributed by atoms with Crippen molar-refractivity contribution in [2.24, 2.45) is 17.2 Å². The summed E-state index contributed by atoms with van der Waals surface area (Å²) in [5.41, 5.74) is 15.9. The normalized spacial score (nSPS) is 15.5. The van der Waals surface area contributed by atoms with Crippen LogP contribution in [0.4, 0.5) is 0 Å². The number of amides is 2. The molecule has 0 bridgehead atoms. The first kappa shape index (κ1) is 16.3. The number of rotatable bonds is 8. The molecule has 0 saturated carbocycles. The minimum atomic E-state index is -1.13. The molecular weight excluding hydrogens is 240 g/mol. The largest absolute Gasteiger partial charge is 0.480 e. The maximum Gasteiger partial charge on any atom is 0.325 e. The highest BCUT2D eigenvalue weighted by Crippen LogP contribution is 2.02. The third-order valence-electron chi connectivity index (χ3n) is 2.46. The van der Waals surface area contributed by atoms with Crippen molar-refractivity contribution in [1.29, 1.82) is 0 Å². The molecule has 8 heteroatoms. The van der Waals surface area contributed by atoms with Crippen LogP contribution in [0, 0.1) is 0 Å². The van der Waals surface area contributed by atoms with Gasteiger partial charge in [-0.1, -0.05) is 0 Å². The number of carbonyl (C=O) groups is 3. The lowest BCUT2D eigenvalue weighted by Gasteiger charge is -2.15. The van der Waals surface area contributed by atoms with Gasteiger partial charge < -0.3 is 27.6 Å². The van der Waals surface area contributed by atoms with Gasteiger partial charge in [0.05, 0.1) is 12.1 Å². The molecule has 18 heavy (non-hydrogen) atoms. The first-order chi connectivity index (χ1) is 8.25. The standard InChI is InChI=1S/C10H20N4O4/c1-5(10(17)18)14-9(16)7(12)4-2-3-6(11)8(13)15/h5-7H,2-4,11-12H2,1H3,(H2,13,15)(H,14,16)(H,17,18)/t5-,6?,7?/m1/s1. The van der Waals surface area contributed by atoms with Crippen LogP contribution in [0.3, 0.4) is 0 Å². The van der Waals surface area contributed by atoms with Gasteiger partial charge in [-0.25, -0.2) is 0 Å². The van der Waals surface area contributed by atoms with E-state index < -0.39 is 35.9 Å². The number of aliphatic carboxylic acids is 1. The molecule has 0 aliphatic heterocycles. The summed E-state index contributed by atoms with van der Waals surface area (Å²) in [6.45, 7) is 1.34. The number of carboxylic acid groups (broad SMARTS) is 1. The van der Waals surface area contributed by atoms with Crippen molar-refractivity contribution in [1.82, 2.24) is 5.32 Å². The Morgan fingerprint density at radius 2 is 1.67 bits per heavy atom. The van der Waals surface area contributed by atoms with Gasteiger partial charge in [0.15, 0.2) is 0 Å². The number of primary amides is 1. The monoisotopic (exact) mass is 260 g/mol. The smallest absolute Gasteiger partial charge is 0.325 e. The Kier molecular flexibility index (Phi) is 6.91. The third-order valence-corrected chi connectivity index (χ3v) is 2.46. The predicted octanol–water partition coefficient (Wildman–Crippen LogP) is -2.11. The minimum absolute atomic E-state index is 0.305. The van der Waals surface area contributed by atoms with Gasteiger partial charge in [0.25, 0.3) is 0 Å². The van der Waals surface area contributed by atoms with Crippen molar-refractivity contribution in [2.75, 3.05) is 0 Å². The van der Waals surface area contributed by atoms with Crippen LogP contribution in [-0.2, 0) is 14.4 Å². The predicted molar refractivity (Wildman–Crippen MR) is 64.2 cm³/mol. The molecule has 2 amide bonds. The number of hydrogen-bond donors (Lipinski definition) is 5. The summed E-state index contributed by atoms with van der Waals surface area (Å²) in [4.78, 5) is 32.6. The summed E-state index contributed by atoms with van der Waals surface area (Å²) >= 11 is 0. The summed E-state index contributed by atoms with van der Waals surface area (Å²) < 4.78 is 0. The molecule has 0 spiro atoms. The van der Waals surface area contributed by atoms with Crippen molar-refractivity contribution in [3.63, 3.8) is 0 Å². The van der Waals surface area contributed by atoms with Gasteiger partial charge in [-0.15, -0.1) is 0 Å². The fourth-order valence-electron chi connectivity index (χ4n) is 1.21. The average Bonchev–Trinajstić information content (AvgIpc) is 2.27. The van der Waals surface area contributed by atoms with Crippen LogP contribution >= 0.6 is 0 Å². The Morgan fingerprint density at radius 1 is 1.17 bits per heavy atom. The van der Waals surface area contributed by atoms with Gasteiger partial charge in [0.1, 0.15) is 6.04 Å². The van der Waals surface area contributed by atoms with Gasteiger partial charge >= 0.3 is 5.97 Å². The molecule has 8 N–H and O–H groups in total. The Hall–Kier alpha value is -1.67. The lowest BCUT2D eigenvalue weighted by atomic mass is 10.1. The van der Waals surface area contributed by atoms with Crippen LogP contribution in [0.5, 0.6) is 0 Å². The number of carbonyl (C=O) groups excluding carboxylic acids is 2. The van der Waals surface area contributed by atoms with E-state index in [9.17, 15) is 14.4 Å². The number of carboxylic acids is 1. The Labute approximate surface area is 105 Å². The maximum atomic E-state index is 11.4. The van der Waals surface area contributed by atoms with E-state index in [4.69, 9.17) is 22.3 Å². The van der Waals surface area contributed by atoms with Crippen LogP contribution in [0.1, 0.15) is 26.2 Å². The molecule has 0 fully saturated rings. The molecule has 0 aliphatic carbocycles. The molecule has 0 saturated heterocycles. The molecule has 0 aromatic rings. The van der Waals surface area contributed by atoms with Crippen LogP contribution in [0.15, 0.2) is 0 Å². The van der Waals surface area contributed by atoms with Gasteiger partial charge in [-0.3, -0.25) is 14.4 Å². The topological polar surface area (TPSA) is 162 Å². The molecule has 104 valence electrons. The molecule has 3 atom stereocenters. The highest BCUT2D eigenvalue weighted by Gasteiger charge is 2.19. The molecule has 8 nitrogen and oxygen atoms in total. The first-order valence-corrected chi connectivity index (χ1v) is 5.59. The second-order valence-corrected chi connectivity index (χ2v) is 4.11. The Bertz CT molecular complexity index is 321. The fraction of sp³-hybridized carbons (Fsp3) is 0.700. The van der Waals surface area contributed by atoms with E-state index in [2.05, 4.69) is 5.32 Å². The fourth-order valence-corrected chi connectivity index (χ4v) is 1.21. The van der Waals surface area contributed by atoms with E-state index in [1.807, 2.05) is 0 Å².